The van der Waals surface area contributed by atoms with Crippen LogP contribution in [0.15, 0.2) is 16.6 Å². The summed E-state index contributed by atoms with van der Waals surface area (Å²) < 4.78 is 27.2. The highest BCUT2D eigenvalue weighted by Gasteiger charge is 2.17. The number of rotatable bonds is 4. The molecule has 1 rings (SSSR count). The zero-order valence-corrected chi connectivity index (χ0v) is 11.3. The van der Waals surface area contributed by atoms with Crippen LogP contribution >= 0.6 is 15.9 Å². The Labute approximate surface area is 108 Å². The fourth-order valence-corrected chi connectivity index (χ4v) is 1.87. The van der Waals surface area contributed by atoms with E-state index in [9.17, 15) is 13.6 Å². The number of halogens is 3. The van der Waals surface area contributed by atoms with Gasteiger partial charge in [-0.15, -0.1) is 0 Å². The molecule has 0 aliphatic carbocycles. The van der Waals surface area contributed by atoms with Gasteiger partial charge in [-0.2, -0.15) is 0 Å². The first kappa shape index (κ1) is 14.1. The molecule has 1 unspecified atom stereocenters. The highest BCUT2D eigenvalue weighted by molar-refractivity contribution is 9.10. The number of carbonyl (C=O) groups excluding carboxylic acids is 1. The van der Waals surface area contributed by atoms with E-state index in [4.69, 9.17) is 0 Å². The average Bonchev–Trinajstić information content (AvgIpc) is 2.23. The summed E-state index contributed by atoms with van der Waals surface area (Å²) in [5, 5.41) is 2.28. The van der Waals surface area contributed by atoms with Gasteiger partial charge < -0.3 is 5.32 Å². The van der Waals surface area contributed by atoms with Crippen LogP contribution in [0.3, 0.4) is 0 Å². The molecule has 1 N–H and O–H groups in total. The molecule has 0 radical (unpaired) electrons. The summed E-state index contributed by atoms with van der Waals surface area (Å²) in [5.41, 5.74) is -0.388. The van der Waals surface area contributed by atoms with Gasteiger partial charge in [0.25, 0.3) is 0 Å². The van der Waals surface area contributed by atoms with Gasteiger partial charge in [-0.3, -0.25) is 4.79 Å². The maximum atomic E-state index is 13.4. The van der Waals surface area contributed by atoms with Crippen LogP contribution in [0.5, 0.6) is 0 Å². The minimum absolute atomic E-state index is 0.262. The highest BCUT2D eigenvalue weighted by atomic mass is 79.9. The Hall–Kier alpha value is -0.970. The van der Waals surface area contributed by atoms with Gasteiger partial charge in [-0.1, -0.05) is 36.2 Å². The van der Waals surface area contributed by atoms with Gasteiger partial charge in [0.15, 0.2) is 11.6 Å². The maximum Gasteiger partial charge on any atom is 0.227 e. The average molecular weight is 306 g/mol. The number of benzene rings is 1. The van der Waals surface area contributed by atoms with Crippen LogP contribution in [0.25, 0.3) is 0 Å². The summed E-state index contributed by atoms with van der Waals surface area (Å²) in [6.45, 7) is 3.68. The molecule has 0 bridgehead atoms. The summed E-state index contributed by atoms with van der Waals surface area (Å²) in [7, 11) is 0. The lowest BCUT2D eigenvalue weighted by Crippen LogP contribution is -2.21. The summed E-state index contributed by atoms with van der Waals surface area (Å²) in [6, 6.07) is 2.23. The molecular weight excluding hydrogens is 292 g/mol. The molecule has 94 valence electrons. The van der Waals surface area contributed by atoms with Crippen molar-refractivity contribution in [3.05, 3.63) is 28.2 Å². The lowest BCUT2D eigenvalue weighted by molar-refractivity contribution is -0.119. The van der Waals surface area contributed by atoms with E-state index in [1.54, 1.807) is 6.92 Å². The normalized spacial score (nSPS) is 12.3. The predicted octanol–water partition coefficient (Wildman–Crippen LogP) is 4.10. The molecule has 2 nitrogen and oxygen atoms in total. The van der Waals surface area contributed by atoms with Crippen LogP contribution in [-0.4, -0.2) is 5.91 Å². The van der Waals surface area contributed by atoms with Gasteiger partial charge in [0.2, 0.25) is 5.91 Å². The molecular formula is C12H14BrF2NO. The summed E-state index contributed by atoms with van der Waals surface area (Å²) >= 11 is 2.97. The number of nitrogens with one attached hydrogen (secondary N) is 1. The second-order valence-corrected chi connectivity index (χ2v) is 4.84. The minimum Gasteiger partial charge on any atom is -0.321 e. The van der Waals surface area contributed by atoms with E-state index in [-0.39, 0.29) is 17.5 Å². The van der Waals surface area contributed by atoms with Crippen molar-refractivity contribution in [3.8, 4) is 0 Å². The predicted molar refractivity (Wildman–Crippen MR) is 66.8 cm³/mol. The van der Waals surface area contributed by atoms with Crippen LogP contribution in [0.1, 0.15) is 26.7 Å². The van der Waals surface area contributed by atoms with Gasteiger partial charge in [-0.25, -0.2) is 8.78 Å². The Morgan fingerprint density at radius 3 is 2.41 bits per heavy atom. The van der Waals surface area contributed by atoms with Crippen LogP contribution in [0.4, 0.5) is 14.5 Å². The zero-order chi connectivity index (χ0) is 13.0. The van der Waals surface area contributed by atoms with Crippen LogP contribution < -0.4 is 5.32 Å². The molecule has 0 saturated heterocycles. The van der Waals surface area contributed by atoms with Crippen molar-refractivity contribution >= 4 is 27.5 Å². The Morgan fingerprint density at radius 1 is 1.41 bits per heavy atom. The summed E-state index contributed by atoms with van der Waals surface area (Å²) in [4.78, 5) is 11.6. The first-order chi connectivity index (χ1) is 7.95. The van der Waals surface area contributed by atoms with E-state index >= 15 is 0 Å². The smallest absolute Gasteiger partial charge is 0.227 e. The standard InChI is InChI=1S/C12H14BrF2NO/c1-3-4-7(2)12(17)16-11-9(14)5-8(13)6-10(11)15/h5-7H,3-4H2,1-2H3,(H,16,17). The van der Waals surface area contributed by atoms with E-state index < -0.39 is 11.6 Å². The molecule has 5 heteroatoms. The van der Waals surface area contributed by atoms with Crippen molar-refractivity contribution < 1.29 is 13.6 Å². The monoisotopic (exact) mass is 305 g/mol. The van der Waals surface area contributed by atoms with E-state index in [2.05, 4.69) is 21.2 Å². The maximum absolute atomic E-state index is 13.4. The second-order valence-electron chi connectivity index (χ2n) is 3.92. The molecule has 0 aliphatic rings. The zero-order valence-electron chi connectivity index (χ0n) is 9.69. The van der Waals surface area contributed by atoms with Crippen molar-refractivity contribution in [3.63, 3.8) is 0 Å². The fraction of sp³-hybridized carbons (Fsp3) is 0.417. The van der Waals surface area contributed by atoms with Gasteiger partial charge >= 0.3 is 0 Å². The summed E-state index contributed by atoms with van der Waals surface area (Å²) in [5.74, 6) is -2.20. The minimum atomic E-state index is -0.783. The molecule has 0 spiro atoms. The number of hydrogen-bond donors (Lipinski definition) is 1. The lowest BCUT2D eigenvalue weighted by atomic mass is 10.1. The topological polar surface area (TPSA) is 29.1 Å². The first-order valence-electron chi connectivity index (χ1n) is 5.41. The van der Waals surface area contributed by atoms with Gasteiger partial charge in [-0.05, 0) is 18.6 Å². The van der Waals surface area contributed by atoms with Gasteiger partial charge in [0.05, 0.1) is 0 Å². The first-order valence-corrected chi connectivity index (χ1v) is 6.20. The van der Waals surface area contributed by atoms with Crippen molar-refractivity contribution in [1.82, 2.24) is 0 Å². The Bertz CT molecular complexity index is 400. The largest absolute Gasteiger partial charge is 0.321 e. The third kappa shape index (κ3) is 3.77. The molecule has 1 atom stereocenters. The molecule has 0 fully saturated rings. The number of anilines is 1. The molecule has 0 aliphatic heterocycles. The highest BCUT2D eigenvalue weighted by Crippen LogP contribution is 2.24. The molecule has 1 aromatic carbocycles. The molecule has 0 saturated carbocycles. The molecule has 17 heavy (non-hydrogen) atoms. The third-order valence-electron chi connectivity index (χ3n) is 2.42. The number of carbonyl (C=O) groups is 1. The van der Waals surface area contributed by atoms with Crippen molar-refractivity contribution in [2.24, 2.45) is 5.92 Å². The van der Waals surface area contributed by atoms with E-state index in [0.717, 1.165) is 18.6 Å². The van der Waals surface area contributed by atoms with Crippen LogP contribution in [-0.2, 0) is 4.79 Å². The fourth-order valence-electron chi connectivity index (χ4n) is 1.47. The van der Waals surface area contributed by atoms with Crippen LogP contribution in [0.2, 0.25) is 0 Å². The SMILES string of the molecule is CCCC(C)C(=O)Nc1c(F)cc(Br)cc1F. The second kappa shape index (κ2) is 6.10. The third-order valence-corrected chi connectivity index (χ3v) is 2.88. The van der Waals surface area contributed by atoms with Gasteiger partial charge in [0, 0.05) is 10.4 Å². The molecule has 0 aromatic heterocycles. The van der Waals surface area contributed by atoms with Crippen molar-refractivity contribution in [1.29, 1.82) is 0 Å². The van der Waals surface area contributed by atoms with Crippen molar-refractivity contribution in [2.45, 2.75) is 26.7 Å². The van der Waals surface area contributed by atoms with E-state index in [0.29, 0.717) is 10.9 Å². The number of amides is 1. The number of hydrogen-bond acceptors (Lipinski definition) is 1. The Balaban J connectivity index is 2.85. The molecule has 0 heterocycles. The van der Waals surface area contributed by atoms with E-state index in [1.807, 2.05) is 6.92 Å². The molecule has 1 aromatic rings. The lowest BCUT2D eigenvalue weighted by Gasteiger charge is -2.12. The van der Waals surface area contributed by atoms with Crippen LogP contribution in [0, 0.1) is 17.6 Å². The van der Waals surface area contributed by atoms with Crippen molar-refractivity contribution in [2.75, 3.05) is 5.32 Å². The molecule has 1 amide bonds. The Morgan fingerprint density at radius 2 is 1.94 bits per heavy atom. The van der Waals surface area contributed by atoms with E-state index in [1.165, 1.54) is 0 Å². The quantitative estimate of drug-likeness (QED) is 0.891. The van der Waals surface area contributed by atoms with Gasteiger partial charge in [0.1, 0.15) is 5.69 Å². The summed E-state index contributed by atoms with van der Waals surface area (Å²) in [6.07, 6.45) is 1.53. The Kier molecular flexibility index (Phi) is 5.05.